The first-order valence-electron chi connectivity index (χ1n) is 9.66. The summed E-state index contributed by atoms with van der Waals surface area (Å²) in [6.45, 7) is 8.34. The van der Waals surface area contributed by atoms with Gasteiger partial charge in [0.25, 0.3) is 0 Å². The monoisotopic (exact) mass is 421 g/mol. The summed E-state index contributed by atoms with van der Waals surface area (Å²) in [6, 6.07) is 13.9. The molecule has 4 aromatic rings. The van der Waals surface area contributed by atoms with Gasteiger partial charge in [0.05, 0.1) is 12.3 Å². The lowest BCUT2D eigenvalue weighted by Gasteiger charge is -2.08. The summed E-state index contributed by atoms with van der Waals surface area (Å²) < 4.78 is 9.17. The molecule has 1 aromatic carbocycles. The number of aryl methyl sites for hydroxylation is 3. The van der Waals surface area contributed by atoms with E-state index >= 15 is 0 Å². The summed E-state index contributed by atoms with van der Waals surface area (Å²) in [7, 11) is 0. The molecular formula is C22H23N5O2S. The van der Waals surface area contributed by atoms with E-state index < -0.39 is 0 Å². The van der Waals surface area contributed by atoms with Crippen LogP contribution >= 0.6 is 11.8 Å². The van der Waals surface area contributed by atoms with Crippen LogP contribution < -0.4 is 0 Å². The van der Waals surface area contributed by atoms with Gasteiger partial charge < -0.3 is 9.09 Å². The third-order valence-corrected chi connectivity index (χ3v) is 5.96. The van der Waals surface area contributed by atoms with Crippen molar-refractivity contribution in [2.75, 3.05) is 5.75 Å². The van der Waals surface area contributed by atoms with Crippen molar-refractivity contribution in [1.82, 2.24) is 24.5 Å². The number of hydrogen-bond donors (Lipinski definition) is 0. The Morgan fingerprint density at radius 2 is 1.83 bits per heavy atom. The average molecular weight is 422 g/mol. The minimum atomic E-state index is 0.0477. The zero-order valence-corrected chi connectivity index (χ0v) is 18.2. The second-order valence-corrected chi connectivity index (χ2v) is 8.17. The Bertz CT molecular complexity index is 1190. The van der Waals surface area contributed by atoms with Crippen molar-refractivity contribution >= 4 is 17.5 Å². The number of Topliss-reactive ketones (excluding diaryl/α,β-unsaturated/α-hetero) is 1. The van der Waals surface area contributed by atoms with Gasteiger partial charge in [0.2, 0.25) is 0 Å². The van der Waals surface area contributed by atoms with Crippen LogP contribution in [0.4, 0.5) is 0 Å². The second kappa shape index (κ2) is 8.31. The number of rotatable bonds is 7. The van der Waals surface area contributed by atoms with E-state index in [2.05, 4.69) is 27.5 Å². The van der Waals surface area contributed by atoms with Gasteiger partial charge in [-0.3, -0.25) is 9.36 Å². The highest BCUT2D eigenvalue weighted by Gasteiger charge is 2.20. The number of nitrogens with zero attached hydrogens (tertiary/aromatic N) is 5. The summed E-state index contributed by atoms with van der Waals surface area (Å²) in [4.78, 5) is 13.0. The van der Waals surface area contributed by atoms with Crippen molar-refractivity contribution in [3.8, 4) is 5.82 Å². The van der Waals surface area contributed by atoms with E-state index in [-0.39, 0.29) is 11.5 Å². The first-order chi connectivity index (χ1) is 14.4. The fraction of sp³-hybridized carbons (Fsp3) is 0.273. The molecule has 3 aromatic heterocycles. The van der Waals surface area contributed by atoms with Crippen LogP contribution in [0.5, 0.6) is 0 Å². The molecule has 8 heteroatoms. The van der Waals surface area contributed by atoms with Crippen LogP contribution in [-0.2, 0) is 6.54 Å². The van der Waals surface area contributed by atoms with E-state index in [9.17, 15) is 4.79 Å². The molecule has 0 amide bonds. The number of hydrogen-bond acceptors (Lipinski definition) is 6. The number of ketones is 1. The van der Waals surface area contributed by atoms with Crippen molar-refractivity contribution < 1.29 is 9.32 Å². The van der Waals surface area contributed by atoms with Crippen molar-refractivity contribution in [3.63, 3.8) is 0 Å². The van der Waals surface area contributed by atoms with Crippen molar-refractivity contribution in [1.29, 1.82) is 0 Å². The fourth-order valence-corrected chi connectivity index (χ4v) is 4.35. The summed E-state index contributed by atoms with van der Waals surface area (Å²) in [5.74, 6) is 2.58. The van der Waals surface area contributed by atoms with Gasteiger partial charge in [0.15, 0.2) is 16.8 Å². The Kier molecular flexibility index (Phi) is 5.59. The standard InChI is InChI=1S/C22H23N5O2S/c1-14-10-19(16(3)27(14)21-11-15(2)29-25-21)20(28)13-30-22-24-23-17(4)26(22)12-18-8-6-5-7-9-18/h5-11H,12-13H2,1-4H3. The Morgan fingerprint density at radius 3 is 2.53 bits per heavy atom. The minimum absolute atomic E-state index is 0.0477. The molecule has 0 fully saturated rings. The number of carbonyl (C=O) groups is 1. The molecule has 0 spiro atoms. The molecule has 0 radical (unpaired) electrons. The topological polar surface area (TPSA) is 78.7 Å². The lowest BCUT2D eigenvalue weighted by Crippen LogP contribution is -2.08. The average Bonchev–Trinajstić information content (AvgIpc) is 3.39. The molecule has 0 saturated heterocycles. The van der Waals surface area contributed by atoms with Crippen molar-refractivity contribution in [2.45, 2.75) is 39.4 Å². The lowest BCUT2D eigenvalue weighted by atomic mass is 10.2. The van der Waals surface area contributed by atoms with Gasteiger partial charge >= 0.3 is 0 Å². The van der Waals surface area contributed by atoms with Crippen LogP contribution in [-0.4, -0.2) is 36.0 Å². The third kappa shape index (κ3) is 3.95. The zero-order chi connectivity index (χ0) is 21.3. The molecule has 0 atom stereocenters. The summed E-state index contributed by atoms with van der Waals surface area (Å²) >= 11 is 1.41. The van der Waals surface area contributed by atoms with E-state index in [1.54, 1.807) is 0 Å². The van der Waals surface area contributed by atoms with Gasteiger partial charge in [-0.25, -0.2) is 0 Å². The van der Waals surface area contributed by atoms with Crippen molar-refractivity contribution in [2.24, 2.45) is 0 Å². The number of benzene rings is 1. The molecule has 3 heterocycles. The largest absolute Gasteiger partial charge is 0.360 e. The zero-order valence-electron chi connectivity index (χ0n) is 17.4. The maximum atomic E-state index is 13.0. The predicted molar refractivity (Wildman–Crippen MR) is 115 cm³/mol. The van der Waals surface area contributed by atoms with E-state index in [0.29, 0.717) is 17.9 Å². The van der Waals surface area contributed by atoms with Gasteiger partial charge in [-0.1, -0.05) is 47.3 Å². The minimum Gasteiger partial charge on any atom is -0.360 e. The smallest absolute Gasteiger partial charge is 0.191 e. The van der Waals surface area contributed by atoms with Crippen LogP contribution in [0.25, 0.3) is 5.82 Å². The molecule has 4 rings (SSSR count). The van der Waals surface area contributed by atoms with Gasteiger partial charge in [-0.2, -0.15) is 0 Å². The van der Waals surface area contributed by atoms with E-state index in [1.165, 1.54) is 17.3 Å². The highest BCUT2D eigenvalue weighted by atomic mass is 32.2. The highest BCUT2D eigenvalue weighted by Crippen LogP contribution is 2.24. The Hall–Kier alpha value is -3.13. The molecule has 0 aliphatic heterocycles. The normalized spacial score (nSPS) is 11.2. The number of thioether (sulfide) groups is 1. The quantitative estimate of drug-likeness (QED) is 0.327. The molecule has 0 aliphatic rings. The van der Waals surface area contributed by atoms with E-state index in [4.69, 9.17) is 4.52 Å². The molecule has 7 nitrogen and oxygen atoms in total. The van der Waals surface area contributed by atoms with Gasteiger partial charge in [-0.05, 0) is 39.3 Å². The lowest BCUT2D eigenvalue weighted by molar-refractivity contribution is 0.102. The first kappa shape index (κ1) is 20.2. The number of carbonyl (C=O) groups excluding carboxylic acids is 1. The first-order valence-corrected chi connectivity index (χ1v) is 10.6. The molecule has 0 bridgehead atoms. The van der Waals surface area contributed by atoms with Crippen LogP contribution in [0.2, 0.25) is 0 Å². The van der Waals surface area contributed by atoms with Gasteiger partial charge in [-0.15, -0.1) is 10.2 Å². The molecule has 0 aliphatic carbocycles. The Labute approximate surface area is 179 Å². The maximum Gasteiger partial charge on any atom is 0.191 e. The highest BCUT2D eigenvalue weighted by molar-refractivity contribution is 7.99. The van der Waals surface area contributed by atoms with Gasteiger partial charge in [0.1, 0.15) is 11.6 Å². The predicted octanol–water partition coefficient (Wildman–Crippen LogP) is 4.31. The summed E-state index contributed by atoms with van der Waals surface area (Å²) in [5, 5.41) is 13.3. The Morgan fingerprint density at radius 1 is 1.07 bits per heavy atom. The summed E-state index contributed by atoms with van der Waals surface area (Å²) in [6.07, 6.45) is 0. The van der Waals surface area contributed by atoms with Crippen LogP contribution in [0.3, 0.4) is 0 Å². The number of aromatic nitrogens is 5. The van der Waals surface area contributed by atoms with Gasteiger partial charge in [0, 0.05) is 23.0 Å². The molecular weight excluding hydrogens is 398 g/mol. The van der Waals surface area contributed by atoms with Crippen molar-refractivity contribution in [3.05, 3.63) is 76.6 Å². The van der Waals surface area contributed by atoms with Crippen LogP contribution in [0, 0.1) is 27.7 Å². The SMILES string of the molecule is Cc1cc(-n2c(C)cc(C(=O)CSc3nnc(C)n3Cc3ccccc3)c2C)no1. The molecule has 0 N–H and O–H groups in total. The van der Waals surface area contributed by atoms with Crippen LogP contribution in [0.15, 0.2) is 52.1 Å². The van der Waals surface area contributed by atoms with Crippen LogP contribution in [0.1, 0.15) is 38.9 Å². The maximum absolute atomic E-state index is 13.0. The Balaban J connectivity index is 1.51. The third-order valence-electron chi connectivity index (χ3n) is 4.99. The molecule has 30 heavy (non-hydrogen) atoms. The second-order valence-electron chi connectivity index (χ2n) is 7.23. The molecule has 0 unspecified atom stereocenters. The van der Waals surface area contributed by atoms with E-state index in [0.717, 1.165) is 28.1 Å². The molecule has 154 valence electrons. The van der Waals surface area contributed by atoms with E-state index in [1.807, 2.05) is 67.2 Å². The summed E-state index contributed by atoms with van der Waals surface area (Å²) in [5.41, 5.74) is 3.65. The molecule has 0 saturated carbocycles. The fourth-order valence-electron chi connectivity index (χ4n) is 3.48.